The van der Waals surface area contributed by atoms with Crippen molar-refractivity contribution in [3.8, 4) is 5.75 Å². The highest BCUT2D eigenvalue weighted by molar-refractivity contribution is 6.31. The molecular weight excluding hydrogens is 364 g/mol. The molecular formula is C20H21ClN4O2. The predicted octanol–water partition coefficient (Wildman–Crippen LogP) is 3.82. The fourth-order valence-electron chi connectivity index (χ4n) is 2.74. The van der Waals surface area contributed by atoms with Crippen LogP contribution in [-0.2, 0) is 6.54 Å². The molecule has 0 spiro atoms. The third-order valence-corrected chi connectivity index (χ3v) is 4.92. The van der Waals surface area contributed by atoms with Gasteiger partial charge in [-0.2, -0.15) is 0 Å². The van der Waals surface area contributed by atoms with Gasteiger partial charge in [0.1, 0.15) is 5.75 Å². The van der Waals surface area contributed by atoms with Gasteiger partial charge in [-0.25, -0.2) is 4.68 Å². The van der Waals surface area contributed by atoms with E-state index in [2.05, 4.69) is 10.3 Å². The molecule has 3 rings (SSSR count). The molecule has 0 fully saturated rings. The molecule has 1 amide bonds. The van der Waals surface area contributed by atoms with Gasteiger partial charge >= 0.3 is 0 Å². The van der Waals surface area contributed by atoms with Crippen LogP contribution in [0, 0.1) is 0 Å². The Morgan fingerprint density at radius 3 is 2.59 bits per heavy atom. The maximum absolute atomic E-state index is 12.8. The fraction of sp³-hybridized carbons (Fsp3) is 0.250. The summed E-state index contributed by atoms with van der Waals surface area (Å²) >= 11 is 6.18. The van der Waals surface area contributed by atoms with Crippen LogP contribution in [0.1, 0.15) is 34.6 Å². The van der Waals surface area contributed by atoms with Gasteiger partial charge in [0.25, 0.3) is 5.91 Å². The molecule has 2 aromatic carbocycles. The van der Waals surface area contributed by atoms with Crippen molar-refractivity contribution in [2.24, 2.45) is 0 Å². The molecule has 1 atom stereocenters. The van der Waals surface area contributed by atoms with E-state index >= 15 is 0 Å². The van der Waals surface area contributed by atoms with Crippen molar-refractivity contribution in [3.63, 3.8) is 0 Å². The first-order valence-electron chi connectivity index (χ1n) is 8.54. The lowest BCUT2D eigenvalue weighted by atomic mass is 10.1. The van der Waals surface area contributed by atoms with Crippen LogP contribution >= 0.6 is 11.6 Å². The molecule has 0 aliphatic heterocycles. The summed E-state index contributed by atoms with van der Waals surface area (Å²) in [5, 5.41) is 8.74. The number of methoxy groups -OCH3 is 1. The van der Waals surface area contributed by atoms with E-state index in [1.807, 2.05) is 55.5 Å². The van der Waals surface area contributed by atoms with E-state index in [1.54, 1.807) is 29.9 Å². The maximum Gasteiger partial charge on any atom is 0.276 e. The highest BCUT2D eigenvalue weighted by Crippen LogP contribution is 2.23. The lowest BCUT2D eigenvalue weighted by Gasteiger charge is -2.24. The third kappa shape index (κ3) is 4.28. The Hall–Kier alpha value is -2.86. The Labute approximate surface area is 163 Å². The van der Waals surface area contributed by atoms with Crippen molar-refractivity contribution in [1.29, 1.82) is 0 Å². The van der Waals surface area contributed by atoms with E-state index in [0.29, 0.717) is 17.3 Å². The van der Waals surface area contributed by atoms with Gasteiger partial charge in [0, 0.05) is 12.1 Å². The van der Waals surface area contributed by atoms with E-state index in [4.69, 9.17) is 16.3 Å². The minimum atomic E-state index is -0.191. The van der Waals surface area contributed by atoms with Gasteiger partial charge in [-0.15, -0.1) is 5.10 Å². The standard InChI is InChI=1S/C20H21ClN4O2/c1-14(15-8-10-17(27-3)11-9-15)24(2)20(26)19-13-25(23-22-19)12-16-6-4-5-7-18(16)21/h4-11,13-14H,12H2,1-3H3/t14-/m1/s1. The molecule has 0 saturated heterocycles. The number of ether oxygens (including phenoxy) is 1. The van der Waals surface area contributed by atoms with E-state index < -0.39 is 0 Å². The molecule has 140 valence electrons. The van der Waals surface area contributed by atoms with Crippen molar-refractivity contribution in [2.45, 2.75) is 19.5 Å². The summed E-state index contributed by atoms with van der Waals surface area (Å²) in [7, 11) is 3.38. The van der Waals surface area contributed by atoms with Gasteiger partial charge in [0.2, 0.25) is 0 Å². The zero-order valence-electron chi connectivity index (χ0n) is 15.5. The van der Waals surface area contributed by atoms with Crippen LogP contribution in [0.5, 0.6) is 5.75 Å². The molecule has 0 saturated carbocycles. The molecule has 0 aliphatic rings. The van der Waals surface area contributed by atoms with Gasteiger partial charge in [-0.3, -0.25) is 4.79 Å². The van der Waals surface area contributed by atoms with Gasteiger partial charge < -0.3 is 9.64 Å². The minimum Gasteiger partial charge on any atom is -0.497 e. The topological polar surface area (TPSA) is 60.2 Å². The number of carbonyl (C=O) groups is 1. The Morgan fingerprint density at radius 2 is 1.93 bits per heavy atom. The van der Waals surface area contributed by atoms with Crippen molar-refractivity contribution in [3.05, 3.63) is 76.6 Å². The molecule has 1 heterocycles. The van der Waals surface area contributed by atoms with Crippen molar-refractivity contribution >= 4 is 17.5 Å². The summed E-state index contributed by atoms with van der Waals surface area (Å²) in [6.07, 6.45) is 1.64. The number of hydrogen-bond donors (Lipinski definition) is 0. The number of rotatable bonds is 6. The van der Waals surface area contributed by atoms with E-state index in [0.717, 1.165) is 16.9 Å². The molecule has 27 heavy (non-hydrogen) atoms. The fourth-order valence-corrected chi connectivity index (χ4v) is 2.93. The third-order valence-electron chi connectivity index (χ3n) is 4.55. The second-order valence-electron chi connectivity index (χ2n) is 6.26. The van der Waals surface area contributed by atoms with E-state index in [-0.39, 0.29) is 11.9 Å². The molecule has 3 aromatic rings. The average molecular weight is 385 g/mol. The zero-order valence-corrected chi connectivity index (χ0v) is 16.2. The first-order chi connectivity index (χ1) is 13.0. The summed E-state index contributed by atoms with van der Waals surface area (Å²) in [5.41, 5.74) is 2.23. The SMILES string of the molecule is COc1ccc([C@@H](C)N(C)C(=O)c2cn(Cc3ccccc3Cl)nn2)cc1. The Kier molecular flexibility index (Phi) is 5.76. The predicted molar refractivity (Wildman–Crippen MR) is 104 cm³/mol. The minimum absolute atomic E-state index is 0.114. The first-order valence-corrected chi connectivity index (χ1v) is 8.92. The smallest absolute Gasteiger partial charge is 0.276 e. The lowest BCUT2D eigenvalue weighted by Crippen LogP contribution is -2.30. The summed E-state index contributed by atoms with van der Waals surface area (Å²) in [6.45, 7) is 2.42. The highest BCUT2D eigenvalue weighted by atomic mass is 35.5. The van der Waals surface area contributed by atoms with Gasteiger partial charge in [-0.05, 0) is 36.2 Å². The number of amides is 1. The van der Waals surface area contributed by atoms with Crippen LogP contribution in [0.25, 0.3) is 0 Å². The molecule has 0 unspecified atom stereocenters. The lowest BCUT2D eigenvalue weighted by molar-refractivity contribution is 0.0736. The second-order valence-corrected chi connectivity index (χ2v) is 6.67. The number of halogens is 1. The van der Waals surface area contributed by atoms with Crippen LogP contribution in [-0.4, -0.2) is 40.0 Å². The monoisotopic (exact) mass is 384 g/mol. The normalized spacial score (nSPS) is 11.9. The van der Waals surface area contributed by atoms with Crippen molar-refractivity contribution in [2.75, 3.05) is 14.2 Å². The van der Waals surface area contributed by atoms with Crippen LogP contribution in [0.4, 0.5) is 0 Å². The van der Waals surface area contributed by atoms with Crippen LogP contribution in [0.2, 0.25) is 5.02 Å². The highest BCUT2D eigenvalue weighted by Gasteiger charge is 2.21. The summed E-state index contributed by atoms with van der Waals surface area (Å²) < 4.78 is 6.79. The average Bonchev–Trinajstić information content (AvgIpc) is 3.16. The number of hydrogen-bond acceptors (Lipinski definition) is 4. The Morgan fingerprint density at radius 1 is 1.22 bits per heavy atom. The summed E-state index contributed by atoms with van der Waals surface area (Å²) in [4.78, 5) is 14.4. The van der Waals surface area contributed by atoms with Gasteiger partial charge in [0.15, 0.2) is 5.69 Å². The maximum atomic E-state index is 12.8. The quantitative estimate of drug-likeness (QED) is 0.648. The summed E-state index contributed by atoms with van der Waals surface area (Å²) in [6, 6.07) is 15.1. The Bertz CT molecular complexity index is 924. The number of carbonyl (C=O) groups excluding carboxylic acids is 1. The molecule has 0 N–H and O–H groups in total. The summed E-state index contributed by atoms with van der Waals surface area (Å²) in [5.74, 6) is 0.589. The number of benzene rings is 2. The molecule has 0 aliphatic carbocycles. The zero-order chi connectivity index (χ0) is 19.4. The molecule has 0 radical (unpaired) electrons. The number of nitrogens with zero attached hydrogens (tertiary/aromatic N) is 4. The van der Waals surface area contributed by atoms with Crippen LogP contribution in [0.15, 0.2) is 54.7 Å². The van der Waals surface area contributed by atoms with E-state index in [1.165, 1.54) is 0 Å². The van der Waals surface area contributed by atoms with Crippen LogP contribution in [0.3, 0.4) is 0 Å². The Balaban J connectivity index is 1.71. The molecule has 6 nitrogen and oxygen atoms in total. The second kappa shape index (κ2) is 8.22. The molecule has 7 heteroatoms. The first kappa shape index (κ1) is 18.9. The van der Waals surface area contributed by atoms with Crippen LogP contribution < -0.4 is 4.74 Å². The van der Waals surface area contributed by atoms with Gasteiger partial charge in [0.05, 0.1) is 25.9 Å². The molecule has 1 aromatic heterocycles. The molecule has 0 bridgehead atoms. The largest absolute Gasteiger partial charge is 0.497 e. The number of aromatic nitrogens is 3. The van der Waals surface area contributed by atoms with Gasteiger partial charge in [-0.1, -0.05) is 47.1 Å². The van der Waals surface area contributed by atoms with E-state index in [9.17, 15) is 4.79 Å². The van der Waals surface area contributed by atoms with Crippen molar-refractivity contribution < 1.29 is 9.53 Å². The van der Waals surface area contributed by atoms with Crippen molar-refractivity contribution in [1.82, 2.24) is 19.9 Å².